The van der Waals surface area contributed by atoms with Gasteiger partial charge < -0.3 is 15.4 Å². The highest BCUT2D eigenvalue weighted by Crippen LogP contribution is 2.25. The van der Waals surface area contributed by atoms with Crippen LogP contribution in [0.5, 0.6) is 5.75 Å². The first-order valence-corrected chi connectivity index (χ1v) is 9.69. The van der Waals surface area contributed by atoms with E-state index in [9.17, 15) is 14.4 Å². The van der Waals surface area contributed by atoms with E-state index in [1.54, 1.807) is 48.5 Å². The average Bonchev–Trinajstić information content (AvgIpc) is 3.20. The third kappa shape index (κ3) is 6.31. The van der Waals surface area contributed by atoms with Crippen LogP contribution in [-0.2, 0) is 9.59 Å². The zero-order chi connectivity index (χ0) is 20.6. The van der Waals surface area contributed by atoms with Gasteiger partial charge in [-0.2, -0.15) is 0 Å². The first kappa shape index (κ1) is 20.3. The van der Waals surface area contributed by atoms with Crippen molar-refractivity contribution in [1.29, 1.82) is 0 Å². The Balaban J connectivity index is 1.61. The van der Waals surface area contributed by atoms with E-state index in [1.165, 1.54) is 25.8 Å². The van der Waals surface area contributed by atoms with Crippen LogP contribution in [0.1, 0.15) is 43.0 Å². The smallest absolute Gasteiger partial charge is 0.308 e. The topological polar surface area (TPSA) is 84.5 Å². The minimum absolute atomic E-state index is 0.186. The van der Waals surface area contributed by atoms with Crippen LogP contribution in [0.25, 0.3) is 0 Å². The molecule has 2 aromatic rings. The number of benzene rings is 2. The zero-order valence-corrected chi connectivity index (χ0v) is 16.3. The van der Waals surface area contributed by atoms with Crippen molar-refractivity contribution in [3.05, 3.63) is 66.2 Å². The quantitative estimate of drug-likeness (QED) is 0.429. The van der Waals surface area contributed by atoms with E-state index >= 15 is 0 Å². The van der Waals surface area contributed by atoms with E-state index in [0.29, 0.717) is 28.6 Å². The molecule has 1 aliphatic carbocycles. The van der Waals surface area contributed by atoms with Crippen molar-refractivity contribution >= 4 is 29.2 Å². The van der Waals surface area contributed by atoms with Gasteiger partial charge >= 0.3 is 5.97 Å². The van der Waals surface area contributed by atoms with Crippen molar-refractivity contribution < 1.29 is 19.1 Å². The molecule has 0 bridgehead atoms. The maximum atomic E-state index is 12.5. The minimum Gasteiger partial charge on any atom is -0.427 e. The van der Waals surface area contributed by atoms with Crippen molar-refractivity contribution in [1.82, 2.24) is 0 Å². The molecule has 1 fully saturated rings. The summed E-state index contributed by atoms with van der Waals surface area (Å²) in [6.07, 6.45) is 8.30. The molecule has 0 unspecified atom stereocenters. The lowest BCUT2D eigenvalue weighted by atomic mass is 10.1. The van der Waals surface area contributed by atoms with Gasteiger partial charge in [-0.3, -0.25) is 14.4 Å². The Kier molecular flexibility index (Phi) is 6.79. The summed E-state index contributed by atoms with van der Waals surface area (Å²) < 4.78 is 5.01. The second-order valence-electron chi connectivity index (χ2n) is 7.05. The number of hydrogen-bond acceptors (Lipinski definition) is 4. The monoisotopic (exact) mass is 392 g/mol. The van der Waals surface area contributed by atoms with Crippen LogP contribution in [0.15, 0.2) is 60.7 Å². The van der Waals surface area contributed by atoms with Crippen molar-refractivity contribution in [2.45, 2.75) is 32.6 Å². The van der Waals surface area contributed by atoms with Crippen LogP contribution < -0.4 is 15.4 Å². The molecule has 0 radical (unpaired) electrons. The summed E-state index contributed by atoms with van der Waals surface area (Å²) in [6.45, 7) is 1.30. The summed E-state index contributed by atoms with van der Waals surface area (Å²) in [5.41, 5.74) is 1.50. The van der Waals surface area contributed by atoms with Crippen molar-refractivity contribution in [2.24, 2.45) is 5.92 Å². The Bertz CT molecular complexity index is 930. The predicted molar refractivity (Wildman–Crippen MR) is 112 cm³/mol. The molecule has 29 heavy (non-hydrogen) atoms. The first-order valence-electron chi connectivity index (χ1n) is 9.69. The summed E-state index contributed by atoms with van der Waals surface area (Å²) >= 11 is 0. The molecule has 0 atom stereocenters. The second-order valence-corrected chi connectivity index (χ2v) is 7.05. The highest BCUT2D eigenvalue weighted by molar-refractivity contribution is 6.05. The Labute approximate surface area is 170 Å². The molecule has 6 nitrogen and oxygen atoms in total. The minimum atomic E-state index is -0.451. The summed E-state index contributed by atoms with van der Waals surface area (Å²) in [5.74, 6) is -0.180. The average molecular weight is 392 g/mol. The standard InChI is InChI=1S/C23H24N2O4/c1-16(26)29-21-11-4-8-18(14-21)23(28)25-20-10-5-9-19(15-20)24-22(27)13-12-17-6-2-3-7-17/h4-5,8-15,17H,2-3,6-7H2,1H3,(H,24,27)(H,25,28)/b13-12+. The number of amides is 2. The van der Waals surface area contributed by atoms with E-state index in [0.717, 1.165) is 12.8 Å². The Morgan fingerprint density at radius 2 is 1.66 bits per heavy atom. The molecular weight excluding hydrogens is 368 g/mol. The fraction of sp³-hybridized carbons (Fsp3) is 0.261. The van der Waals surface area contributed by atoms with Gasteiger partial charge in [0.25, 0.3) is 5.91 Å². The van der Waals surface area contributed by atoms with Gasteiger partial charge in [-0.25, -0.2) is 0 Å². The van der Waals surface area contributed by atoms with E-state index in [2.05, 4.69) is 10.6 Å². The number of esters is 1. The van der Waals surface area contributed by atoms with Gasteiger partial charge in [0.2, 0.25) is 5.91 Å². The molecule has 0 spiro atoms. The van der Waals surface area contributed by atoms with Crippen molar-refractivity contribution in [2.75, 3.05) is 10.6 Å². The highest BCUT2D eigenvalue weighted by atomic mass is 16.5. The lowest BCUT2D eigenvalue weighted by molar-refractivity contribution is -0.131. The molecule has 0 heterocycles. The number of anilines is 2. The van der Waals surface area contributed by atoms with Gasteiger partial charge in [0.05, 0.1) is 0 Å². The van der Waals surface area contributed by atoms with Gasteiger partial charge in [-0.05, 0) is 61.2 Å². The molecule has 6 heteroatoms. The predicted octanol–water partition coefficient (Wildman–Crippen LogP) is 4.55. The Hall–Kier alpha value is -3.41. The summed E-state index contributed by atoms with van der Waals surface area (Å²) in [6, 6.07) is 13.3. The van der Waals surface area contributed by atoms with Crippen LogP contribution >= 0.6 is 0 Å². The largest absolute Gasteiger partial charge is 0.427 e. The number of ether oxygens (including phenoxy) is 1. The third-order valence-electron chi connectivity index (χ3n) is 4.67. The van der Waals surface area contributed by atoms with E-state index in [4.69, 9.17) is 4.74 Å². The van der Waals surface area contributed by atoms with Crippen molar-refractivity contribution in [3.8, 4) is 5.75 Å². The summed E-state index contributed by atoms with van der Waals surface area (Å²) in [4.78, 5) is 35.7. The lowest BCUT2D eigenvalue weighted by Crippen LogP contribution is -2.13. The van der Waals surface area contributed by atoms with E-state index in [-0.39, 0.29) is 11.8 Å². The maximum Gasteiger partial charge on any atom is 0.308 e. The Morgan fingerprint density at radius 3 is 2.38 bits per heavy atom. The first-order chi connectivity index (χ1) is 14.0. The SMILES string of the molecule is CC(=O)Oc1cccc(C(=O)Nc2cccc(NC(=O)/C=C/C3CCCC3)c2)c1. The molecule has 0 saturated heterocycles. The molecular formula is C23H24N2O4. The molecule has 150 valence electrons. The number of hydrogen-bond donors (Lipinski definition) is 2. The molecule has 3 rings (SSSR count). The molecule has 2 amide bonds. The molecule has 1 saturated carbocycles. The Morgan fingerprint density at radius 1 is 0.966 bits per heavy atom. The molecule has 0 aromatic heterocycles. The molecule has 0 aliphatic heterocycles. The lowest BCUT2D eigenvalue weighted by Gasteiger charge is -2.09. The van der Waals surface area contributed by atoms with Crippen LogP contribution in [-0.4, -0.2) is 17.8 Å². The number of rotatable bonds is 6. The maximum absolute atomic E-state index is 12.5. The second kappa shape index (κ2) is 9.68. The summed E-state index contributed by atoms with van der Waals surface area (Å²) in [5, 5.41) is 5.60. The zero-order valence-electron chi connectivity index (χ0n) is 16.3. The van der Waals surface area contributed by atoms with Gasteiger partial charge in [-0.1, -0.05) is 31.1 Å². The van der Waals surface area contributed by atoms with Crippen LogP contribution in [0, 0.1) is 5.92 Å². The van der Waals surface area contributed by atoms with Crippen molar-refractivity contribution in [3.63, 3.8) is 0 Å². The van der Waals surface area contributed by atoms with Crippen LogP contribution in [0.2, 0.25) is 0 Å². The number of allylic oxidation sites excluding steroid dienone is 1. The number of nitrogens with one attached hydrogen (secondary N) is 2. The van der Waals surface area contributed by atoms with Gasteiger partial charge in [0, 0.05) is 23.9 Å². The summed E-state index contributed by atoms with van der Waals surface area (Å²) in [7, 11) is 0. The van der Waals surface area contributed by atoms with Gasteiger partial charge in [0.1, 0.15) is 5.75 Å². The van der Waals surface area contributed by atoms with Crippen LogP contribution in [0.4, 0.5) is 11.4 Å². The third-order valence-corrected chi connectivity index (χ3v) is 4.67. The van der Waals surface area contributed by atoms with Gasteiger partial charge in [-0.15, -0.1) is 0 Å². The number of carbonyl (C=O) groups is 3. The molecule has 1 aliphatic rings. The van der Waals surface area contributed by atoms with E-state index < -0.39 is 5.97 Å². The van der Waals surface area contributed by atoms with Gasteiger partial charge in [0.15, 0.2) is 0 Å². The normalized spacial score (nSPS) is 14.0. The fourth-order valence-electron chi connectivity index (χ4n) is 3.30. The highest BCUT2D eigenvalue weighted by Gasteiger charge is 2.12. The number of carbonyl (C=O) groups excluding carboxylic acids is 3. The molecule has 2 aromatic carbocycles. The van der Waals surface area contributed by atoms with E-state index in [1.807, 2.05) is 6.08 Å². The molecule has 2 N–H and O–H groups in total. The van der Waals surface area contributed by atoms with Crippen LogP contribution in [0.3, 0.4) is 0 Å². The fourth-order valence-corrected chi connectivity index (χ4v) is 3.30.